The lowest BCUT2D eigenvalue weighted by molar-refractivity contribution is 0.262. The fraction of sp³-hybridized carbons (Fsp3) is 0.571. The molecule has 0 spiro atoms. The van der Waals surface area contributed by atoms with Crippen molar-refractivity contribution in [3.63, 3.8) is 0 Å². The van der Waals surface area contributed by atoms with E-state index in [1.54, 1.807) is 5.56 Å². The Hall–Kier alpha value is -0.780. The fourth-order valence-corrected chi connectivity index (χ4v) is 2.86. The zero-order chi connectivity index (χ0) is 9.97. The average molecular weight is 188 g/mol. The van der Waals surface area contributed by atoms with E-state index in [-0.39, 0.29) is 0 Å². The van der Waals surface area contributed by atoms with Crippen molar-refractivity contribution in [3.05, 3.63) is 35.9 Å². The van der Waals surface area contributed by atoms with Crippen molar-refractivity contribution in [1.29, 1.82) is 0 Å². The molecule has 0 heterocycles. The third kappa shape index (κ3) is 2.00. The first kappa shape index (κ1) is 9.76. The molecule has 0 amide bonds. The minimum absolute atomic E-state index is 0.812. The maximum Gasteiger partial charge on any atom is -0.0136 e. The van der Waals surface area contributed by atoms with Gasteiger partial charge in [-0.2, -0.15) is 0 Å². The van der Waals surface area contributed by atoms with E-state index < -0.39 is 0 Å². The molecule has 3 atom stereocenters. The SMILES string of the molecule is CC1CCC(c2ccccc2)C(C)C1. The van der Waals surface area contributed by atoms with Gasteiger partial charge in [0.1, 0.15) is 0 Å². The Morgan fingerprint density at radius 3 is 2.36 bits per heavy atom. The maximum atomic E-state index is 2.41. The van der Waals surface area contributed by atoms with Crippen molar-refractivity contribution in [2.24, 2.45) is 11.8 Å². The van der Waals surface area contributed by atoms with E-state index in [0.29, 0.717) is 0 Å². The number of benzene rings is 1. The standard InChI is InChI=1S/C14H20/c1-11-8-9-14(12(2)10-11)13-6-4-3-5-7-13/h3-7,11-12,14H,8-10H2,1-2H3. The van der Waals surface area contributed by atoms with Gasteiger partial charge in [-0.25, -0.2) is 0 Å². The van der Waals surface area contributed by atoms with E-state index >= 15 is 0 Å². The van der Waals surface area contributed by atoms with Crippen LogP contribution in [0, 0.1) is 11.8 Å². The summed E-state index contributed by atoms with van der Waals surface area (Å²) in [6.45, 7) is 4.80. The van der Waals surface area contributed by atoms with Gasteiger partial charge in [0, 0.05) is 0 Å². The molecule has 0 aromatic heterocycles. The van der Waals surface area contributed by atoms with Gasteiger partial charge in [0.25, 0.3) is 0 Å². The molecule has 0 N–H and O–H groups in total. The lowest BCUT2D eigenvalue weighted by Gasteiger charge is -2.32. The normalized spacial score (nSPS) is 32.9. The van der Waals surface area contributed by atoms with Crippen LogP contribution in [0.3, 0.4) is 0 Å². The van der Waals surface area contributed by atoms with Gasteiger partial charge in [0.15, 0.2) is 0 Å². The first-order valence-corrected chi connectivity index (χ1v) is 5.82. The van der Waals surface area contributed by atoms with Crippen LogP contribution in [0.4, 0.5) is 0 Å². The molecule has 0 radical (unpaired) electrons. The average Bonchev–Trinajstić information content (AvgIpc) is 2.19. The second-order valence-corrected chi connectivity index (χ2v) is 4.91. The summed E-state index contributed by atoms with van der Waals surface area (Å²) in [6.07, 6.45) is 4.19. The molecular formula is C14H20. The molecule has 0 bridgehead atoms. The zero-order valence-corrected chi connectivity index (χ0v) is 9.24. The third-order valence-electron chi connectivity index (χ3n) is 3.66. The van der Waals surface area contributed by atoms with Gasteiger partial charge in [-0.1, -0.05) is 50.6 Å². The Bertz CT molecular complexity index is 275. The van der Waals surface area contributed by atoms with Crippen LogP contribution in [-0.4, -0.2) is 0 Å². The smallest absolute Gasteiger partial charge is 0.0136 e. The minimum Gasteiger partial charge on any atom is -0.0625 e. The Morgan fingerprint density at radius 1 is 1.00 bits per heavy atom. The zero-order valence-electron chi connectivity index (χ0n) is 9.24. The highest BCUT2D eigenvalue weighted by Gasteiger charge is 2.25. The van der Waals surface area contributed by atoms with Crippen LogP contribution in [0.1, 0.15) is 44.6 Å². The van der Waals surface area contributed by atoms with Crippen molar-refractivity contribution >= 4 is 0 Å². The molecule has 1 aromatic carbocycles. The fourth-order valence-electron chi connectivity index (χ4n) is 2.86. The van der Waals surface area contributed by atoms with Crippen LogP contribution in [0.15, 0.2) is 30.3 Å². The monoisotopic (exact) mass is 188 g/mol. The molecule has 0 heteroatoms. The molecular weight excluding hydrogens is 168 g/mol. The summed E-state index contributed by atoms with van der Waals surface area (Å²) in [5, 5.41) is 0. The third-order valence-corrected chi connectivity index (χ3v) is 3.66. The van der Waals surface area contributed by atoms with Crippen LogP contribution in [0.25, 0.3) is 0 Å². The lowest BCUT2D eigenvalue weighted by Crippen LogP contribution is -2.19. The number of hydrogen-bond acceptors (Lipinski definition) is 0. The summed E-state index contributed by atoms with van der Waals surface area (Å²) in [5.41, 5.74) is 1.55. The molecule has 1 aromatic rings. The molecule has 3 unspecified atom stereocenters. The maximum absolute atomic E-state index is 2.41. The van der Waals surface area contributed by atoms with Crippen LogP contribution in [0.5, 0.6) is 0 Å². The van der Waals surface area contributed by atoms with Crippen molar-refractivity contribution in [2.75, 3.05) is 0 Å². The Labute approximate surface area is 87.3 Å². The van der Waals surface area contributed by atoms with Crippen molar-refractivity contribution in [2.45, 2.75) is 39.0 Å². The quantitative estimate of drug-likeness (QED) is 0.619. The van der Waals surface area contributed by atoms with E-state index in [4.69, 9.17) is 0 Å². The highest BCUT2D eigenvalue weighted by atomic mass is 14.3. The van der Waals surface area contributed by atoms with Crippen molar-refractivity contribution < 1.29 is 0 Å². The van der Waals surface area contributed by atoms with E-state index in [0.717, 1.165) is 17.8 Å². The van der Waals surface area contributed by atoms with Crippen molar-refractivity contribution in [3.8, 4) is 0 Å². The van der Waals surface area contributed by atoms with E-state index in [9.17, 15) is 0 Å². The predicted octanol–water partition coefficient (Wildman–Crippen LogP) is 4.23. The molecule has 1 aliphatic rings. The first-order chi connectivity index (χ1) is 6.77. The molecule has 2 rings (SSSR count). The van der Waals surface area contributed by atoms with Gasteiger partial charge < -0.3 is 0 Å². The van der Waals surface area contributed by atoms with Gasteiger partial charge in [-0.3, -0.25) is 0 Å². The van der Waals surface area contributed by atoms with Crippen LogP contribution < -0.4 is 0 Å². The highest BCUT2D eigenvalue weighted by Crippen LogP contribution is 2.39. The molecule has 1 fully saturated rings. The second kappa shape index (κ2) is 4.16. The molecule has 76 valence electrons. The second-order valence-electron chi connectivity index (χ2n) is 4.91. The summed E-state index contributed by atoms with van der Waals surface area (Å²) >= 11 is 0. The summed E-state index contributed by atoms with van der Waals surface area (Å²) in [7, 11) is 0. The largest absolute Gasteiger partial charge is 0.0625 e. The molecule has 1 aliphatic carbocycles. The van der Waals surface area contributed by atoms with Gasteiger partial charge in [-0.05, 0) is 36.2 Å². The first-order valence-electron chi connectivity index (χ1n) is 5.82. The Kier molecular flexibility index (Phi) is 2.90. The highest BCUT2D eigenvalue weighted by molar-refractivity contribution is 5.20. The van der Waals surface area contributed by atoms with Crippen LogP contribution in [0.2, 0.25) is 0 Å². The summed E-state index contributed by atoms with van der Waals surface area (Å²) in [5.74, 6) is 2.61. The summed E-state index contributed by atoms with van der Waals surface area (Å²) in [6, 6.07) is 11.0. The van der Waals surface area contributed by atoms with Gasteiger partial charge in [-0.15, -0.1) is 0 Å². The number of rotatable bonds is 1. The van der Waals surface area contributed by atoms with Gasteiger partial charge >= 0.3 is 0 Å². The molecule has 0 nitrogen and oxygen atoms in total. The van der Waals surface area contributed by atoms with Crippen LogP contribution in [-0.2, 0) is 0 Å². The summed E-state index contributed by atoms with van der Waals surface area (Å²) < 4.78 is 0. The lowest BCUT2D eigenvalue weighted by atomic mass is 9.73. The Morgan fingerprint density at radius 2 is 1.71 bits per heavy atom. The predicted molar refractivity (Wildman–Crippen MR) is 61.4 cm³/mol. The Balaban J connectivity index is 2.12. The molecule has 0 saturated heterocycles. The van der Waals surface area contributed by atoms with E-state index in [1.807, 2.05) is 0 Å². The molecule has 0 aliphatic heterocycles. The van der Waals surface area contributed by atoms with Crippen molar-refractivity contribution in [1.82, 2.24) is 0 Å². The molecule has 14 heavy (non-hydrogen) atoms. The summed E-state index contributed by atoms with van der Waals surface area (Å²) in [4.78, 5) is 0. The van der Waals surface area contributed by atoms with E-state index in [1.165, 1.54) is 19.3 Å². The topological polar surface area (TPSA) is 0 Å². The van der Waals surface area contributed by atoms with Gasteiger partial charge in [0.2, 0.25) is 0 Å². The van der Waals surface area contributed by atoms with Crippen LogP contribution >= 0.6 is 0 Å². The number of hydrogen-bond donors (Lipinski definition) is 0. The van der Waals surface area contributed by atoms with Gasteiger partial charge in [0.05, 0.1) is 0 Å². The van der Waals surface area contributed by atoms with E-state index in [2.05, 4.69) is 44.2 Å². The molecule has 1 saturated carbocycles. The minimum atomic E-state index is 0.812.